The van der Waals surface area contributed by atoms with Gasteiger partial charge in [0.15, 0.2) is 0 Å². The predicted octanol–water partition coefficient (Wildman–Crippen LogP) is 0.766. The molecule has 0 aliphatic heterocycles. The number of aromatic nitrogens is 2. The SMILES string of the molecule is C#Cc1ccc(C)nn1. The van der Waals surface area contributed by atoms with E-state index in [1.807, 2.05) is 13.0 Å². The van der Waals surface area contributed by atoms with E-state index >= 15 is 0 Å². The summed E-state index contributed by atoms with van der Waals surface area (Å²) in [5.74, 6) is 2.38. The number of hydrogen-bond donors (Lipinski definition) is 0. The van der Waals surface area contributed by atoms with Crippen molar-refractivity contribution in [2.24, 2.45) is 0 Å². The van der Waals surface area contributed by atoms with Gasteiger partial charge in [-0.2, -0.15) is 5.10 Å². The molecule has 0 aromatic carbocycles. The van der Waals surface area contributed by atoms with Crippen molar-refractivity contribution in [1.29, 1.82) is 0 Å². The van der Waals surface area contributed by atoms with Gasteiger partial charge in [-0.1, -0.05) is 0 Å². The van der Waals surface area contributed by atoms with E-state index in [2.05, 4.69) is 16.1 Å². The summed E-state index contributed by atoms with van der Waals surface area (Å²) in [5.41, 5.74) is 1.47. The summed E-state index contributed by atoms with van der Waals surface area (Å²) in [6.07, 6.45) is 5.05. The summed E-state index contributed by atoms with van der Waals surface area (Å²) in [6.45, 7) is 1.87. The first-order valence-corrected chi connectivity index (χ1v) is 2.60. The minimum absolute atomic E-state index is 0.584. The van der Waals surface area contributed by atoms with Gasteiger partial charge in [-0.15, -0.1) is 11.5 Å². The van der Waals surface area contributed by atoms with Crippen molar-refractivity contribution in [2.45, 2.75) is 6.92 Å². The van der Waals surface area contributed by atoms with Crippen molar-refractivity contribution in [3.8, 4) is 12.3 Å². The molecule has 1 rings (SSSR count). The van der Waals surface area contributed by atoms with Gasteiger partial charge < -0.3 is 0 Å². The molecule has 1 aromatic rings. The van der Waals surface area contributed by atoms with Gasteiger partial charge in [-0.05, 0) is 25.0 Å². The van der Waals surface area contributed by atoms with E-state index in [4.69, 9.17) is 6.42 Å². The average molecular weight is 118 g/mol. The molecule has 0 aliphatic carbocycles. The van der Waals surface area contributed by atoms with Crippen LogP contribution in [0.1, 0.15) is 11.4 Å². The molecule has 0 spiro atoms. The largest absolute Gasteiger partial charge is 0.155 e. The molecule has 0 fully saturated rings. The van der Waals surface area contributed by atoms with E-state index in [9.17, 15) is 0 Å². The van der Waals surface area contributed by atoms with Crippen LogP contribution in [0, 0.1) is 19.3 Å². The smallest absolute Gasteiger partial charge is 0.135 e. The third kappa shape index (κ3) is 1.26. The second-order valence-electron chi connectivity index (χ2n) is 1.70. The third-order valence-corrected chi connectivity index (χ3v) is 0.946. The summed E-state index contributed by atoms with van der Waals surface area (Å²) in [7, 11) is 0. The zero-order valence-corrected chi connectivity index (χ0v) is 5.13. The fourth-order valence-electron chi connectivity index (χ4n) is 0.476. The number of hydrogen-bond acceptors (Lipinski definition) is 2. The Morgan fingerprint density at radius 2 is 2.22 bits per heavy atom. The Balaban J connectivity index is 3.06. The Morgan fingerprint density at radius 1 is 1.44 bits per heavy atom. The first kappa shape index (κ1) is 5.77. The Kier molecular flexibility index (Phi) is 1.46. The lowest BCUT2D eigenvalue weighted by atomic mass is 10.3. The van der Waals surface area contributed by atoms with E-state index in [1.54, 1.807) is 6.07 Å². The summed E-state index contributed by atoms with van der Waals surface area (Å²) in [4.78, 5) is 0. The molecule has 1 heterocycles. The fourth-order valence-corrected chi connectivity index (χ4v) is 0.476. The molecule has 1 aromatic heterocycles. The van der Waals surface area contributed by atoms with Crippen LogP contribution in [0.15, 0.2) is 12.1 Å². The summed E-state index contributed by atoms with van der Waals surface area (Å²) < 4.78 is 0. The Labute approximate surface area is 53.9 Å². The highest BCUT2D eigenvalue weighted by Crippen LogP contribution is 1.90. The van der Waals surface area contributed by atoms with Crippen LogP contribution in [0.5, 0.6) is 0 Å². The van der Waals surface area contributed by atoms with Crippen molar-refractivity contribution < 1.29 is 0 Å². The maximum atomic E-state index is 5.05. The number of nitrogens with zero attached hydrogens (tertiary/aromatic N) is 2. The molecular formula is C7H6N2. The van der Waals surface area contributed by atoms with Gasteiger partial charge in [-0.25, -0.2) is 0 Å². The Bertz CT molecular complexity index is 230. The van der Waals surface area contributed by atoms with Gasteiger partial charge >= 0.3 is 0 Å². The van der Waals surface area contributed by atoms with Crippen molar-refractivity contribution in [1.82, 2.24) is 10.2 Å². The first-order valence-electron chi connectivity index (χ1n) is 2.60. The lowest BCUT2D eigenvalue weighted by Crippen LogP contribution is -1.87. The monoisotopic (exact) mass is 118 g/mol. The van der Waals surface area contributed by atoms with Crippen LogP contribution in [0.3, 0.4) is 0 Å². The van der Waals surface area contributed by atoms with Crippen molar-refractivity contribution in [2.75, 3.05) is 0 Å². The van der Waals surface area contributed by atoms with Crippen molar-refractivity contribution >= 4 is 0 Å². The maximum absolute atomic E-state index is 5.05. The number of rotatable bonds is 0. The van der Waals surface area contributed by atoms with E-state index in [1.165, 1.54) is 0 Å². The normalized spacial score (nSPS) is 8.44. The van der Waals surface area contributed by atoms with Gasteiger partial charge in [0, 0.05) is 0 Å². The molecule has 9 heavy (non-hydrogen) atoms. The van der Waals surface area contributed by atoms with E-state index in [-0.39, 0.29) is 0 Å². The maximum Gasteiger partial charge on any atom is 0.135 e. The molecule has 0 N–H and O–H groups in total. The van der Waals surface area contributed by atoms with Crippen LogP contribution in [0.25, 0.3) is 0 Å². The zero-order chi connectivity index (χ0) is 6.69. The van der Waals surface area contributed by atoms with E-state index in [0.29, 0.717) is 5.69 Å². The van der Waals surface area contributed by atoms with Crippen LogP contribution in [0.4, 0.5) is 0 Å². The average Bonchev–Trinajstić information content (AvgIpc) is 1.90. The van der Waals surface area contributed by atoms with Gasteiger partial charge in [-0.3, -0.25) is 0 Å². The molecule has 2 heteroatoms. The molecule has 0 amide bonds. The first-order chi connectivity index (χ1) is 4.33. The van der Waals surface area contributed by atoms with Crippen LogP contribution >= 0.6 is 0 Å². The molecule has 44 valence electrons. The highest BCUT2D eigenvalue weighted by Gasteiger charge is 1.86. The van der Waals surface area contributed by atoms with Crippen LogP contribution in [-0.2, 0) is 0 Å². The van der Waals surface area contributed by atoms with Gasteiger partial charge in [0.2, 0.25) is 0 Å². The Morgan fingerprint density at radius 3 is 2.67 bits per heavy atom. The molecule has 0 saturated carbocycles. The number of terminal acetylenes is 1. The summed E-state index contributed by atoms with van der Waals surface area (Å²) in [5, 5.41) is 7.47. The fraction of sp³-hybridized carbons (Fsp3) is 0.143. The minimum atomic E-state index is 0.584. The van der Waals surface area contributed by atoms with Crippen molar-refractivity contribution in [3.05, 3.63) is 23.5 Å². The van der Waals surface area contributed by atoms with Gasteiger partial charge in [0.05, 0.1) is 5.69 Å². The molecular weight excluding hydrogens is 112 g/mol. The number of aryl methyl sites for hydroxylation is 1. The molecule has 0 bridgehead atoms. The molecule has 0 unspecified atom stereocenters. The highest BCUT2D eigenvalue weighted by atomic mass is 15.1. The third-order valence-electron chi connectivity index (χ3n) is 0.946. The van der Waals surface area contributed by atoms with E-state index < -0.39 is 0 Å². The lowest BCUT2D eigenvalue weighted by Gasteiger charge is -1.87. The topological polar surface area (TPSA) is 25.8 Å². The van der Waals surface area contributed by atoms with Crippen LogP contribution < -0.4 is 0 Å². The van der Waals surface area contributed by atoms with Gasteiger partial charge in [0.1, 0.15) is 5.69 Å². The predicted molar refractivity (Wildman–Crippen MR) is 34.7 cm³/mol. The molecule has 0 saturated heterocycles. The minimum Gasteiger partial charge on any atom is -0.155 e. The molecule has 0 aliphatic rings. The second kappa shape index (κ2) is 2.27. The van der Waals surface area contributed by atoms with E-state index in [0.717, 1.165) is 5.69 Å². The quantitative estimate of drug-likeness (QED) is 0.470. The van der Waals surface area contributed by atoms with Gasteiger partial charge in [0.25, 0.3) is 0 Å². The summed E-state index contributed by atoms with van der Waals surface area (Å²) >= 11 is 0. The standard InChI is InChI=1S/C7H6N2/c1-3-7-5-4-6(2)8-9-7/h1,4-5H,2H3. The summed E-state index contributed by atoms with van der Waals surface area (Å²) in [6, 6.07) is 3.60. The van der Waals surface area contributed by atoms with Crippen molar-refractivity contribution in [3.63, 3.8) is 0 Å². The lowest BCUT2D eigenvalue weighted by molar-refractivity contribution is 0.967. The molecule has 0 atom stereocenters. The highest BCUT2D eigenvalue weighted by molar-refractivity contribution is 5.22. The molecule has 2 nitrogen and oxygen atoms in total. The van der Waals surface area contributed by atoms with Crippen LogP contribution in [0.2, 0.25) is 0 Å². The Hall–Kier alpha value is -1.36. The molecule has 0 radical (unpaired) electrons. The van der Waals surface area contributed by atoms with Crippen LogP contribution in [-0.4, -0.2) is 10.2 Å². The zero-order valence-electron chi connectivity index (χ0n) is 5.13. The second-order valence-corrected chi connectivity index (χ2v) is 1.70.